The Morgan fingerprint density at radius 1 is 1.17 bits per heavy atom. The summed E-state index contributed by atoms with van der Waals surface area (Å²) in [7, 11) is 1.94. The van der Waals surface area contributed by atoms with Crippen LogP contribution < -0.4 is 4.90 Å². The molecule has 1 atom stereocenters. The lowest BCUT2D eigenvalue weighted by molar-refractivity contribution is 0.416. The predicted octanol–water partition coefficient (Wildman–Crippen LogP) is 3.92. The summed E-state index contributed by atoms with van der Waals surface area (Å²) in [4.78, 5) is 10.7. The molecular weight excluding hydrogens is 390 g/mol. The maximum absolute atomic E-state index is 6.10. The van der Waals surface area contributed by atoms with E-state index in [1.807, 2.05) is 41.9 Å². The van der Waals surface area contributed by atoms with Crippen molar-refractivity contribution in [3.8, 4) is 22.8 Å². The molecule has 0 N–H and O–H groups in total. The normalized spacial score (nSPS) is 16.5. The Labute approximate surface area is 172 Å². The van der Waals surface area contributed by atoms with E-state index in [-0.39, 0.29) is 6.04 Å². The first-order chi connectivity index (χ1) is 14.2. The minimum atomic E-state index is 0.0734. The molecule has 0 radical (unpaired) electrons. The Balaban J connectivity index is 1.45. The maximum atomic E-state index is 6.10. The summed E-state index contributed by atoms with van der Waals surface area (Å²) in [5.74, 6) is 2.16. The van der Waals surface area contributed by atoms with E-state index in [0.717, 1.165) is 36.6 Å². The van der Waals surface area contributed by atoms with Crippen molar-refractivity contribution in [3.63, 3.8) is 0 Å². The van der Waals surface area contributed by atoms with Crippen molar-refractivity contribution in [2.24, 2.45) is 7.05 Å². The van der Waals surface area contributed by atoms with Gasteiger partial charge in [0.1, 0.15) is 11.4 Å². The van der Waals surface area contributed by atoms with Gasteiger partial charge in [-0.25, -0.2) is 4.98 Å². The molecule has 1 saturated heterocycles. The first-order valence-corrected chi connectivity index (χ1v) is 9.73. The highest BCUT2D eigenvalue weighted by Gasteiger charge is 2.32. The van der Waals surface area contributed by atoms with E-state index in [9.17, 15) is 0 Å². The molecule has 1 unspecified atom stereocenters. The fourth-order valence-corrected chi connectivity index (χ4v) is 3.94. The molecule has 29 heavy (non-hydrogen) atoms. The molecule has 1 aliphatic heterocycles. The number of rotatable bonds is 4. The van der Waals surface area contributed by atoms with E-state index < -0.39 is 0 Å². The molecule has 146 valence electrons. The van der Waals surface area contributed by atoms with Crippen LogP contribution in [0.4, 0.5) is 5.95 Å². The second kappa shape index (κ2) is 7.29. The Hall–Kier alpha value is -3.26. The monoisotopic (exact) mass is 407 g/mol. The molecule has 0 aliphatic carbocycles. The van der Waals surface area contributed by atoms with Gasteiger partial charge in [0.05, 0.1) is 12.2 Å². The molecule has 8 nitrogen and oxygen atoms in total. The van der Waals surface area contributed by atoms with Gasteiger partial charge in [0, 0.05) is 42.6 Å². The molecule has 5 rings (SSSR count). The van der Waals surface area contributed by atoms with E-state index in [1.54, 1.807) is 18.6 Å². The van der Waals surface area contributed by atoms with Gasteiger partial charge >= 0.3 is 0 Å². The van der Waals surface area contributed by atoms with E-state index in [4.69, 9.17) is 16.1 Å². The van der Waals surface area contributed by atoms with Crippen molar-refractivity contribution in [2.75, 3.05) is 11.4 Å². The zero-order chi connectivity index (χ0) is 19.8. The molecule has 1 aromatic carbocycles. The van der Waals surface area contributed by atoms with Gasteiger partial charge in [-0.3, -0.25) is 9.55 Å². The van der Waals surface area contributed by atoms with Crippen LogP contribution in [0.1, 0.15) is 24.6 Å². The molecule has 3 aromatic heterocycles. The average molecular weight is 408 g/mol. The second-order valence-electron chi connectivity index (χ2n) is 6.95. The summed E-state index contributed by atoms with van der Waals surface area (Å²) < 4.78 is 7.56. The summed E-state index contributed by atoms with van der Waals surface area (Å²) in [5.41, 5.74) is 2.47. The average Bonchev–Trinajstić information content (AvgIpc) is 3.47. The summed E-state index contributed by atoms with van der Waals surface area (Å²) >= 11 is 6.10. The third-order valence-electron chi connectivity index (χ3n) is 5.13. The lowest BCUT2D eigenvalue weighted by Gasteiger charge is -2.23. The smallest absolute Gasteiger partial charge is 0.227 e. The standard InChI is InChI=1S/C20H18ClN7O/c1-27-19(16-12-22-7-8-23-16)24-25-20(27)28-9-3-6-17(28)15-11-18(29-26-15)13-4-2-5-14(21)10-13/h2,4-5,7-8,10-12,17H,3,6,9H2,1H3. The maximum Gasteiger partial charge on any atom is 0.227 e. The molecule has 4 heterocycles. The van der Waals surface area contributed by atoms with Gasteiger partial charge in [-0.2, -0.15) is 0 Å². The summed E-state index contributed by atoms with van der Waals surface area (Å²) in [6, 6.07) is 9.62. The zero-order valence-electron chi connectivity index (χ0n) is 15.7. The molecule has 0 spiro atoms. The third kappa shape index (κ3) is 3.25. The Morgan fingerprint density at radius 3 is 2.93 bits per heavy atom. The fraction of sp³-hybridized carbons (Fsp3) is 0.250. The van der Waals surface area contributed by atoms with Crippen LogP contribution in [-0.4, -0.2) is 36.4 Å². The molecule has 1 fully saturated rings. The van der Waals surface area contributed by atoms with Gasteiger partial charge in [0.25, 0.3) is 0 Å². The fourth-order valence-electron chi connectivity index (χ4n) is 3.75. The van der Waals surface area contributed by atoms with Gasteiger partial charge in [-0.1, -0.05) is 28.9 Å². The Morgan fingerprint density at radius 2 is 2.10 bits per heavy atom. The van der Waals surface area contributed by atoms with Crippen LogP contribution in [0, 0.1) is 0 Å². The summed E-state index contributed by atoms with van der Waals surface area (Å²) in [5, 5.41) is 13.8. The summed E-state index contributed by atoms with van der Waals surface area (Å²) in [6.45, 7) is 0.871. The van der Waals surface area contributed by atoms with E-state index >= 15 is 0 Å². The van der Waals surface area contributed by atoms with Crippen LogP contribution in [-0.2, 0) is 7.05 Å². The van der Waals surface area contributed by atoms with Crippen molar-refractivity contribution in [3.05, 3.63) is 59.6 Å². The molecular formula is C20H18ClN7O. The van der Waals surface area contributed by atoms with Gasteiger partial charge in [0.15, 0.2) is 11.6 Å². The van der Waals surface area contributed by atoms with Crippen molar-refractivity contribution in [1.29, 1.82) is 0 Å². The topological polar surface area (TPSA) is 85.8 Å². The number of anilines is 1. The summed E-state index contributed by atoms with van der Waals surface area (Å²) in [6.07, 6.45) is 6.98. The molecule has 0 bridgehead atoms. The van der Waals surface area contributed by atoms with Crippen LogP contribution in [0.3, 0.4) is 0 Å². The Bertz CT molecular complexity index is 1140. The molecule has 9 heteroatoms. The van der Waals surface area contributed by atoms with E-state index in [2.05, 4.69) is 30.2 Å². The van der Waals surface area contributed by atoms with Crippen molar-refractivity contribution in [1.82, 2.24) is 29.9 Å². The second-order valence-corrected chi connectivity index (χ2v) is 7.39. The highest BCUT2D eigenvalue weighted by Crippen LogP contribution is 2.37. The number of nitrogens with zero attached hydrogens (tertiary/aromatic N) is 7. The van der Waals surface area contributed by atoms with Gasteiger partial charge in [0.2, 0.25) is 5.95 Å². The van der Waals surface area contributed by atoms with Crippen LogP contribution in [0.2, 0.25) is 5.02 Å². The number of benzene rings is 1. The van der Waals surface area contributed by atoms with Crippen LogP contribution >= 0.6 is 11.6 Å². The van der Waals surface area contributed by atoms with Gasteiger partial charge in [-0.05, 0) is 25.0 Å². The Kier molecular flexibility index (Phi) is 4.48. The number of hydrogen-bond acceptors (Lipinski definition) is 7. The number of hydrogen-bond donors (Lipinski definition) is 0. The quantitative estimate of drug-likeness (QED) is 0.506. The highest BCUT2D eigenvalue weighted by molar-refractivity contribution is 6.30. The largest absolute Gasteiger partial charge is 0.356 e. The number of aromatic nitrogens is 6. The van der Waals surface area contributed by atoms with Crippen LogP contribution in [0.15, 0.2) is 53.4 Å². The predicted molar refractivity (Wildman–Crippen MR) is 108 cm³/mol. The van der Waals surface area contributed by atoms with Crippen LogP contribution in [0.5, 0.6) is 0 Å². The zero-order valence-corrected chi connectivity index (χ0v) is 16.5. The van der Waals surface area contributed by atoms with E-state index in [1.165, 1.54) is 0 Å². The van der Waals surface area contributed by atoms with Crippen molar-refractivity contribution >= 4 is 17.5 Å². The minimum Gasteiger partial charge on any atom is -0.356 e. The molecule has 0 saturated carbocycles. The molecule has 0 amide bonds. The van der Waals surface area contributed by atoms with Crippen LogP contribution in [0.25, 0.3) is 22.8 Å². The molecule has 1 aliphatic rings. The minimum absolute atomic E-state index is 0.0734. The third-order valence-corrected chi connectivity index (χ3v) is 5.37. The van der Waals surface area contributed by atoms with Crippen molar-refractivity contribution < 1.29 is 4.52 Å². The first kappa shape index (κ1) is 17.8. The molecule has 4 aromatic rings. The van der Waals surface area contributed by atoms with Gasteiger partial charge < -0.3 is 9.42 Å². The number of halogens is 1. The lowest BCUT2D eigenvalue weighted by Crippen LogP contribution is -2.25. The lowest BCUT2D eigenvalue weighted by atomic mass is 10.1. The first-order valence-electron chi connectivity index (χ1n) is 9.35. The highest BCUT2D eigenvalue weighted by atomic mass is 35.5. The van der Waals surface area contributed by atoms with Crippen molar-refractivity contribution in [2.45, 2.75) is 18.9 Å². The van der Waals surface area contributed by atoms with Gasteiger partial charge in [-0.15, -0.1) is 10.2 Å². The SMILES string of the molecule is Cn1c(-c2cnccn2)nnc1N1CCCC1c1cc(-c2cccc(Cl)c2)on1. The van der Waals surface area contributed by atoms with E-state index in [0.29, 0.717) is 22.3 Å².